The third-order valence-electron chi connectivity index (χ3n) is 2.75. The summed E-state index contributed by atoms with van der Waals surface area (Å²) >= 11 is 0. The maximum atomic E-state index is 12.0. The van der Waals surface area contributed by atoms with E-state index in [0.29, 0.717) is 19.5 Å². The van der Waals surface area contributed by atoms with Crippen molar-refractivity contribution in [2.24, 2.45) is 11.7 Å². The molecule has 0 saturated heterocycles. The van der Waals surface area contributed by atoms with Crippen LogP contribution in [0.4, 0.5) is 0 Å². The number of nitrogens with two attached hydrogens (primary N) is 1. The molecule has 0 aliphatic heterocycles. The monoisotopic (exact) mass is 282 g/mol. The molecular weight excluding hydrogens is 260 g/mol. The summed E-state index contributed by atoms with van der Waals surface area (Å²) in [4.78, 5) is 27.7. The molecule has 112 valence electrons. The van der Waals surface area contributed by atoms with E-state index in [1.165, 1.54) is 13.4 Å². The molecule has 0 saturated carbocycles. The van der Waals surface area contributed by atoms with E-state index in [-0.39, 0.29) is 11.6 Å². The van der Waals surface area contributed by atoms with Crippen molar-refractivity contribution in [3.8, 4) is 0 Å². The van der Waals surface area contributed by atoms with Crippen LogP contribution in [0.25, 0.3) is 0 Å². The van der Waals surface area contributed by atoms with Gasteiger partial charge in [-0.15, -0.1) is 0 Å². The molecule has 0 bridgehead atoms. The van der Waals surface area contributed by atoms with Gasteiger partial charge in [-0.3, -0.25) is 4.79 Å². The minimum atomic E-state index is -0.660. The van der Waals surface area contributed by atoms with Crippen molar-refractivity contribution in [3.63, 3.8) is 0 Å². The van der Waals surface area contributed by atoms with Crippen molar-refractivity contribution in [2.45, 2.75) is 32.9 Å². The fourth-order valence-corrected chi connectivity index (χ4v) is 1.81. The molecule has 20 heavy (non-hydrogen) atoms. The standard InChI is InChI=1S/C13H22N4O3/c1-9(2)6-10(13(19)20-3)16-12(18)11-7-17(5-4-14)8-15-11/h7-10H,4-6,14H2,1-3H3,(H,16,18)/t10-/m0/s1. The Morgan fingerprint density at radius 2 is 2.20 bits per heavy atom. The maximum absolute atomic E-state index is 12.0. The van der Waals surface area contributed by atoms with Crippen molar-refractivity contribution in [1.82, 2.24) is 14.9 Å². The van der Waals surface area contributed by atoms with Crippen LogP contribution in [-0.4, -0.2) is 41.1 Å². The summed E-state index contributed by atoms with van der Waals surface area (Å²) in [7, 11) is 1.30. The first-order valence-electron chi connectivity index (χ1n) is 6.58. The van der Waals surface area contributed by atoms with Crippen LogP contribution >= 0.6 is 0 Å². The SMILES string of the molecule is COC(=O)[C@H](CC(C)C)NC(=O)c1cn(CCN)cn1. The first-order valence-corrected chi connectivity index (χ1v) is 6.58. The fraction of sp³-hybridized carbons (Fsp3) is 0.615. The molecule has 0 aromatic carbocycles. The van der Waals surface area contributed by atoms with Crippen molar-refractivity contribution in [3.05, 3.63) is 18.2 Å². The Kier molecular flexibility index (Phi) is 6.17. The second kappa shape index (κ2) is 7.64. The third kappa shape index (κ3) is 4.65. The zero-order chi connectivity index (χ0) is 15.1. The average molecular weight is 282 g/mol. The first-order chi connectivity index (χ1) is 9.47. The van der Waals surface area contributed by atoms with Crippen molar-refractivity contribution >= 4 is 11.9 Å². The van der Waals surface area contributed by atoms with E-state index >= 15 is 0 Å². The fourth-order valence-electron chi connectivity index (χ4n) is 1.81. The smallest absolute Gasteiger partial charge is 0.328 e. The van der Waals surface area contributed by atoms with E-state index < -0.39 is 17.9 Å². The number of esters is 1. The Balaban J connectivity index is 2.71. The van der Waals surface area contributed by atoms with Crippen LogP contribution in [0.5, 0.6) is 0 Å². The Morgan fingerprint density at radius 3 is 2.75 bits per heavy atom. The molecule has 0 aliphatic rings. The van der Waals surface area contributed by atoms with E-state index in [1.807, 2.05) is 13.8 Å². The van der Waals surface area contributed by atoms with Gasteiger partial charge in [-0.05, 0) is 12.3 Å². The number of imidazole rings is 1. The highest BCUT2D eigenvalue weighted by atomic mass is 16.5. The highest BCUT2D eigenvalue weighted by molar-refractivity contribution is 5.95. The Hall–Kier alpha value is -1.89. The van der Waals surface area contributed by atoms with Crippen LogP contribution < -0.4 is 11.1 Å². The number of carbonyl (C=O) groups excluding carboxylic acids is 2. The molecule has 1 rings (SSSR count). The summed E-state index contributed by atoms with van der Waals surface area (Å²) in [6, 6.07) is -0.660. The van der Waals surface area contributed by atoms with Crippen LogP contribution in [0.3, 0.4) is 0 Å². The lowest BCUT2D eigenvalue weighted by molar-refractivity contribution is -0.143. The number of rotatable bonds is 7. The van der Waals surface area contributed by atoms with Gasteiger partial charge in [0.05, 0.1) is 13.4 Å². The van der Waals surface area contributed by atoms with Crippen molar-refractivity contribution < 1.29 is 14.3 Å². The molecular formula is C13H22N4O3. The van der Waals surface area contributed by atoms with Gasteiger partial charge in [0, 0.05) is 19.3 Å². The van der Waals surface area contributed by atoms with Gasteiger partial charge in [0.2, 0.25) is 0 Å². The van der Waals surface area contributed by atoms with Crippen LogP contribution in [0.1, 0.15) is 30.8 Å². The van der Waals surface area contributed by atoms with Crippen LogP contribution in [0.15, 0.2) is 12.5 Å². The van der Waals surface area contributed by atoms with Crippen LogP contribution in [0.2, 0.25) is 0 Å². The number of carbonyl (C=O) groups is 2. The second-order valence-electron chi connectivity index (χ2n) is 4.96. The Labute approximate surface area is 118 Å². The zero-order valence-corrected chi connectivity index (χ0v) is 12.1. The molecule has 1 aromatic heterocycles. The average Bonchev–Trinajstić information content (AvgIpc) is 2.85. The maximum Gasteiger partial charge on any atom is 0.328 e. The predicted octanol–water partition coefficient (Wildman–Crippen LogP) is 0.159. The molecule has 0 fully saturated rings. The first kappa shape index (κ1) is 16.2. The van der Waals surface area contributed by atoms with Crippen LogP contribution in [-0.2, 0) is 16.1 Å². The van der Waals surface area contributed by atoms with Gasteiger partial charge in [0.25, 0.3) is 5.91 Å². The molecule has 3 N–H and O–H groups in total. The number of nitrogens with zero attached hydrogens (tertiary/aromatic N) is 2. The largest absolute Gasteiger partial charge is 0.467 e. The van der Waals surface area contributed by atoms with Gasteiger partial charge in [-0.25, -0.2) is 9.78 Å². The minimum Gasteiger partial charge on any atom is -0.467 e. The molecule has 1 amide bonds. The van der Waals surface area contributed by atoms with E-state index in [4.69, 9.17) is 10.5 Å². The number of nitrogens with one attached hydrogen (secondary N) is 1. The number of hydrogen-bond acceptors (Lipinski definition) is 5. The summed E-state index contributed by atoms with van der Waals surface area (Å²) in [6.07, 6.45) is 3.66. The van der Waals surface area contributed by atoms with Gasteiger partial charge in [-0.1, -0.05) is 13.8 Å². The van der Waals surface area contributed by atoms with Crippen LogP contribution in [0, 0.1) is 5.92 Å². The van der Waals surface area contributed by atoms with Gasteiger partial charge < -0.3 is 20.4 Å². The number of hydrogen-bond donors (Lipinski definition) is 2. The van der Waals surface area contributed by atoms with Crippen molar-refractivity contribution in [1.29, 1.82) is 0 Å². The molecule has 1 heterocycles. The lowest BCUT2D eigenvalue weighted by Gasteiger charge is -2.17. The molecule has 7 heteroatoms. The summed E-state index contributed by atoms with van der Waals surface area (Å²) < 4.78 is 6.42. The molecule has 7 nitrogen and oxygen atoms in total. The minimum absolute atomic E-state index is 0.259. The molecule has 0 aliphatic carbocycles. The summed E-state index contributed by atoms with van der Waals surface area (Å²) in [5.74, 6) is -0.584. The van der Waals surface area contributed by atoms with Gasteiger partial charge >= 0.3 is 5.97 Å². The molecule has 0 spiro atoms. The summed E-state index contributed by atoms with van der Waals surface area (Å²) in [6.45, 7) is 5.00. The quantitative estimate of drug-likeness (QED) is 0.694. The topological polar surface area (TPSA) is 99.2 Å². The molecule has 1 atom stereocenters. The molecule has 1 aromatic rings. The number of ether oxygens (including phenoxy) is 1. The van der Waals surface area contributed by atoms with E-state index in [2.05, 4.69) is 10.3 Å². The van der Waals surface area contributed by atoms with E-state index in [1.54, 1.807) is 10.8 Å². The normalized spacial score (nSPS) is 12.2. The number of methoxy groups -OCH3 is 1. The number of aromatic nitrogens is 2. The van der Waals surface area contributed by atoms with Gasteiger partial charge in [0.1, 0.15) is 11.7 Å². The lowest BCUT2D eigenvalue weighted by Crippen LogP contribution is -2.42. The highest BCUT2D eigenvalue weighted by Crippen LogP contribution is 2.07. The molecule has 0 radical (unpaired) electrons. The van der Waals surface area contributed by atoms with Gasteiger partial charge in [-0.2, -0.15) is 0 Å². The van der Waals surface area contributed by atoms with E-state index in [0.717, 1.165) is 0 Å². The van der Waals surface area contributed by atoms with E-state index in [9.17, 15) is 9.59 Å². The highest BCUT2D eigenvalue weighted by Gasteiger charge is 2.23. The predicted molar refractivity (Wildman–Crippen MR) is 74.0 cm³/mol. The second-order valence-corrected chi connectivity index (χ2v) is 4.96. The summed E-state index contributed by atoms with van der Waals surface area (Å²) in [5, 5.41) is 2.65. The summed E-state index contributed by atoms with van der Waals surface area (Å²) in [5.41, 5.74) is 5.69. The Bertz CT molecular complexity index is 456. The molecule has 0 unspecified atom stereocenters. The Morgan fingerprint density at radius 1 is 1.50 bits per heavy atom. The van der Waals surface area contributed by atoms with Crippen molar-refractivity contribution in [2.75, 3.05) is 13.7 Å². The lowest BCUT2D eigenvalue weighted by atomic mass is 10.0. The third-order valence-corrected chi connectivity index (χ3v) is 2.75. The van der Waals surface area contributed by atoms with Gasteiger partial charge in [0.15, 0.2) is 0 Å². The zero-order valence-electron chi connectivity index (χ0n) is 12.1. The number of amides is 1.